The van der Waals surface area contributed by atoms with Crippen LogP contribution >= 0.6 is 22.9 Å². The van der Waals surface area contributed by atoms with Crippen molar-refractivity contribution in [2.75, 3.05) is 19.3 Å². The summed E-state index contributed by atoms with van der Waals surface area (Å²) in [7, 11) is -3.51. The van der Waals surface area contributed by atoms with Crippen molar-refractivity contribution < 1.29 is 18.0 Å². The molecule has 0 atom stereocenters. The van der Waals surface area contributed by atoms with Gasteiger partial charge in [-0.3, -0.25) is 14.6 Å². The van der Waals surface area contributed by atoms with E-state index >= 15 is 0 Å². The second-order valence-electron chi connectivity index (χ2n) is 7.56. The van der Waals surface area contributed by atoms with Gasteiger partial charge in [-0.05, 0) is 36.3 Å². The van der Waals surface area contributed by atoms with Crippen LogP contribution in [-0.2, 0) is 27.5 Å². The normalized spacial score (nSPS) is 17.0. The standard InChI is InChI=1S/C20H21ClN2O4S2/c1-29(26,27)16-12-28-19(18(16)21)20(25)23-8-4-7-22(23)17(24)11-13-9-14-5-2-3-6-15(14)10-13/h2-3,5-6,12-13H,4,7-11H2,1H3. The van der Waals surface area contributed by atoms with E-state index in [1.807, 2.05) is 12.1 Å². The van der Waals surface area contributed by atoms with Gasteiger partial charge in [0.1, 0.15) is 4.88 Å². The lowest BCUT2D eigenvalue weighted by molar-refractivity contribution is -0.141. The Hall–Kier alpha value is -1.90. The van der Waals surface area contributed by atoms with E-state index in [-0.39, 0.29) is 26.6 Å². The zero-order valence-corrected chi connectivity index (χ0v) is 18.3. The molecule has 0 saturated carbocycles. The second-order valence-corrected chi connectivity index (χ2v) is 10.8. The molecule has 2 aliphatic rings. The maximum atomic E-state index is 13.0. The molecular formula is C20H21ClN2O4S2. The third kappa shape index (κ3) is 3.93. The molecule has 9 heteroatoms. The van der Waals surface area contributed by atoms with Gasteiger partial charge in [-0.1, -0.05) is 35.9 Å². The van der Waals surface area contributed by atoms with Crippen LogP contribution in [0.4, 0.5) is 0 Å². The van der Waals surface area contributed by atoms with Crippen molar-refractivity contribution in [2.45, 2.75) is 30.6 Å². The number of nitrogens with zero attached hydrogens (tertiary/aromatic N) is 2. The van der Waals surface area contributed by atoms with Crippen molar-refractivity contribution in [3.05, 3.63) is 50.7 Å². The monoisotopic (exact) mass is 452 g/mol. The Morgan fingerprint density at radius 1 is 1.14 bits per heavy atom. The van der Waals surface area contributed by atoms with Gasteiger partial charge in [0.15, 0.2) is 9.84 Å². The molecule has 29 heavy (non-hydrogen) atoms. The van der Waals surface area contributed by atoms with Crippen LogP contribution < -0.4 is 0 Å². The average Bonchev–Trinajstić information content (AvgIpc) is 3.37. The number of thiophene rings is 1. The summed E-state index contributed by atoms with van der Waals surface area (Å²) >= 11 is 7.17. The van der Waals surface area contributed by atoms with Gasteiger partial charge < -0.3 is 0 Å². The van der Waals surface area contributed by atoms with E-state index in [4.69, 9.17) is 11.6 Å². The molecule has 0 radical (unpaired) electrons. The SMILES string of the molecule is CS(=O)(=O)c1csc(C(=O)N2CCCN2C(=O)CC2Cc3ccccc3C2)c1Cl. The quantitative estimate of drug-likeness (QED) is 0.713. The summed E-state index contributed by atoms with van der Waals surface area (Å²) in [5.74, 6) is -0.264. The highest BCUT2D eigenvalue weighted by molar-refractivity contribution is 7.91. The third-order valence-electron chi connectivity index (χ3n) is 5.45. The highest BCUT2D eigenvalue weighted by Gasteiger charge is 2.35. The predicted octanol–water partition coefficient (Wildman–Crippen LogP) is 3.20. The number of halogens is 1. The van der Waals surface area contributed by atoms with Crippen molar-refractivity contribution in [3.8, 4) is 0 Å². The summed E-state index contributed by atoms with van der Waals surface area (Å²) in [6, 6.07) is 8.23. The lowest BCUT2D eigenvalue weighted by Gasteiger charge is -2.28. The maximum absolute atomic E-state index is 13.0. The first-order valence-corrected chi connectivity index (χ1v) is 12.6. The molecular weight excluding hydrogens is 432 g/mol. The number of carbonyl (C=O) groups excluding carboxylic acids is 2. The van der Waals surface area contributed by atoms with Crippen LogP contribution in [0.1, 0.15) is 33.6 Å². The number of carbonyl (C=O) groups is 2. The first-order valence-electron chi connectivity index (χ1n) is 9.41. The fourth-order valence-corrected chi connectivity index (χ4v) is 6.92. The number of hydrogen-bond acceptors (Lipinski definition) is 5. The van der Waals surface area contributed by atoms with E-state index in [1.165, 1.54) is 26.5 Å². The summed E-state index contributed by atoms with van der Waals surface area (Å²) in [5, 5.41) is 4.23. The molecule has 0 N–H and O–H groups in total. The Bertz CT molecular complexity index is 1050. The van der Waals surface area contributed by atoms with Crippen LogP contribution in [0.5, 0.6) is 0 Å². The molecule has 1 saturated heterocycles. The smallest absolute Gasteiger partial charge is 0.273 e. The highest BCUT2D eigenvalue weighted by Crippen LogP contribution is 2.34. The van der Waals surface area contributed by atoms with Crippen molar-refractivity contribution >= 4 is 44.6 Å². The van der Waals surface area contributed by atoms with Gasteiger partial charge in [0.25, 0.3) is 5.91 Å². The maximum Gasteiger partial charge on any atom is 0.284 e. The summed E-state index contributed by atoms with van der Waals surface area (Å²) in [5.41, 5.74) is 2.58. The molecule has 1 aromatic heterocycles. The molecule has 154 valence electrons. The van der Waals surface area contributed by atoms with Gasteiger partial charge in [-0.15, -0.1) is 11.3 Å². The van der Waals surface area contributed by atoms with E-state index < -0.39 is 15.7 Å². The second kappa shape index (κ2) is 7.74. The zero-order valence-electron chi connectivity index (χ0n) is 15.9. The number of fused-ring (bicyclic) bond motifs is 1. The fourth-order valence-electron chi connectivity index (χ4n) is 4.07. The van der Waals surface area contributed by atoms with Crippen molar-refractivity contribution in [1.82, 2.24) is 10.0 Å². The Balaban J connectivity index is 1.47. The molecule has 0 spiro atoms. The largest absolute Gasteiger partial charge is 0.284 e. The van der Waals surface area contributed by atoms with Crippen molar-refractivity contribution in [1.29, 1.82) is 0 Å². The number of hydrazine groups is 1. The van der Waals surface area contributed by atoms with Gasteiger partial charge in [-0.2, -0.15) is 0 Å². The first kappa shape index (κ1) is 20.4. The third-order valence-corrected chi connectivity index (χ3v) is 8.30. The van der Waals surface area contributed by atoms with Crippen LogP contribution in [0.15, 0.2) is 34.5 Å². The fraction of sp³-hybridized carbons (Fsp3) is 0.400. The van der Waals surface area contributed by atoms with Gasteiger partial charge >= 0.3 is 0 Å². The van der Waals surface area contributed by atoms with Gasteiger partial charge in [-0.25, -0.2) is 13.4 Å². The van der Waals surface area contributed by atoms with Crippen LogP contribution in [0.25, 0.3) is 0 Å². The van der Waals surface area contributed by atoms with E-state index in [9.17, 15) is 18.0 Å². The molecule has 1 aromatic carbocycles. The lowest BCUT2D eigenvalue weighted by Crippen LogP contribution is -2.45. The number of rotatable bonds is 4. The van der Waals surface area contributed by atoms with E-state index in [2.05, 4.69) is 12.1 Å². The van der Waals surface area contributed by atoms with E-state index in [0.717, 1.165) is 30.4 Å². The first-order chi connectivity index (χ1) is 13.8. The molecule has 2 heterocycles. The number of hydrogen-bond donors (Lipinski definition) is 0. The number of sulfone groups is 1. The van der Waals surface area contributed by atoms with Crippen molar-refractivity contribution in [2.24, 2.45) is 5.92 Å². The lowest BCUT2D eigenvalue weighted by atomic mass is 10.0. The number of amides is 2. The van der Waals surface area contributed by atoms with Gasteiger partial charge in [0.2, 0.25) is 5.91 Å². The summed E-state index contributed by atoms with van der Waals surface area (Å²) < 4.78 is 23.6. The van der Waals surface area contributed by atoms with E-state index in [1.54, 1.807) is 0 Å². The van der Waals surface area contributed by atoms with Crippen LogP contribution in [-0.4, -0.2) is 49.6 Å². The predicted molar refractivity (Wildman–Crippen MR) is 112 cm³/mol. The molecule has 0 unspecified atom stereocenters. The summed E-state index contributed by atoms with van der Waals surface area (Å²) in [6.45, 7) is 0.893. The number of benzene rings is 1. The van der Waals surface area contributed by atoms with Gasteiger partial charge in [0, 0.05) is 31.1 Å². The Morgan fingerprint density at radius 3 is 2.34 bits per heavy atom. The molecule has 4 rings (SSSR count). The average molecular weight is 453 g/mol. The molecule has 6 nitrogen and oxygen atoms in total. The Labute approximate surface area is 179 Å². The molecule has 1 fully saturated rings. The molecule has 2 aromatic rings. The minimum Gasteiger partial charge on any atom is -0.273 e. The minimum absolute atomic E-state index is 0.0479. The molecule has 0 bridgehead atoms. The van der Waals surface area contributed by atoms with Crippen molar-refractivity contribution in [3.63, 3.8) is 0 Å². The highest BCUT2D eigenvalue weighted by atomic mass is 35.5. The van der Waals surface area contributed by atoms with Crippen LogP contribution in [0, 0.1) is 5.92 Å². The Morgan fingerprint density at radius 2 is 1.76 bits per heavy atom. The topological polar surface area (TPSA) is 74.8 Å². The van der Waals surface area contributed by atoms with Crippen LogP contribution in [0.2, 0.25) is 5.02 Å². The zero-order chi connectivity index (χ0) is 20.8. The molecule has 2 amide bonds. The summed E-state index contributed by atoms with van der Waals surface area (Å²) in [6.07, 6.45) is 3.87. The molecule has 1 aliphatic carbocycles. The Kier molecular flexibility index (Phi) is 5.44. The van der Waals surface area contributed by atoms with Gasteiger partial charge in [0.05, 0.1) is 9.92 Å². The van der Waals surface area contributed by atoms with E-state index in [0.29, 0.717) is 25.9 Å². The summed E-state index contributed by atoms with van der Waals surface area (Å²) in [4.78, 5) is 26.1. The minimum atomic E-state index is -3.51. The van der Waals surface area contributed by atoms with Crippen LogP contribution in [0.3, 0.4) is 0 Å². The molecule has 1 aliphatic heterocycles.